The van der Waals surface area contributed by atoms with E-state index in [9.17, 15) is 9.59 Å². The molecule has 5 atom stereocenters. The number of fused-ring (bicyclic) bond motifs is 3. The molecule has 0 aromatic heterocycles. The fraction of sp³-hybridized carbons (Fsp3) is 0.692. The maximum atomic E-state index is 11.5. The molecule has 3 nitrogen and oxygen atoms in total. The summed E-state index contributed by atoms with van der Waals surface area (Å²) in [5, 5.41) is 0. The van der Waals surface area contributed by atoms with Crippen molar-refractivity contribution in [3.05, 3.63) is 35.5 Å². The first-order chi connectivity index (χ1) is 13.9. The Morgan fingerprint density at radius 1 is 1.21 bits per heavy atom. The fourth-order valence-electron chi connectivity index (χ4n) is 5.67. The third-order valence-corrected chi connectivity index (χ3v) is 6.94. The lowest BCUT2D eigenvalue weighted by Gasteiger charge is -2.50. The Balaban J connectivity index is 0.000000989. The standard InChI is InChI=1S/C22H30O3.2C2H6/c1-5-12-21(3)16(11-14-23)6-7-17-18-8-9-20(25-15(2)24)22(18,4)13-10-19(17)21;2*1-2/h6-7,10-11,14,17-18,20H,5,8-9,12-13H2,1-4H3;2*1-2H3/b16-11-;;. The summed E-state index contributed by atoms with van der Waals surface area (Å²) in [6, 6.07) is 0. The zero-order chi connectivity index (χ0) is 22.2. The number of hydrogen-bond donors (Lipinski definition) is 0. The van der Waals surface area contributed by atoms with Crippen molar-refractivity contribution in [2.24, 2.45) is 22.7 Å². The van der Waals surface area contributed by atoms with Gasteiger partial charge in [0.2, 0.25) is 0 Å². The van der Waals surface area contributed by atoms with Gasteiger partial charge in [0.1, 0.15) is 12.4 Å². The van der Waals surface area contributed by atoms with Crippen LogP contribution in [0.25, 0.3) is 0 Å². The van der Waals surface area contributed by atoms with Crippen LogP contribution < -0.4 is 0 Å². The van der Waals surface area contributed by atoms with Crippen LogP contribution in [0.5, 0.6) is 0 Å². The molecule has 0 heterocycles. The highest BCUT2D eigenvalue weighted by Gasteiger charge is 2.55. The summed E-state index contributed by atoms with van der Waals surface area (Å²) < 4.78 is 5.67. The van der Waals surface area contributed by atoms with Crippen LogP contribution in [0.3, 0.4) is 0 Å². The van der Waals surface area contributed by atoms with Gasteiger partial charge >= 0.3 is 5.97 Å². The van der Waals surface area contributed by atoms with E-state index in [1.54, 1.807) is 6.08 Å². The molecule has 3 rings (SSSR count). The van der Waals surface area contributed by atoms with Crippen molar-refractivity contribution < 1.29 is 14.3 Å². The molecule has 29 heavy (non-hydrogen) atoms. The van der Waals surface area contributed by atoms with Crippen LogP contribution in [-0.4, -0.2) is 18.4 Å². The predicted octanol–water partition coefficient (Wildman–Crippen LogP) is 6.83. The van der Waals surface area contributed by atoms with E-state index in [0.29, 0.717) is 11.8 Å². The van der Waals surface area contributed by atoms with Gasteiger partial charge in [-0.05, 0) is 43.3 Å². The summed E-state index contributed by atoms with van der Waals surface area (Å²) in [6.07, 6.45) is 14.6. The van der Waals surface area contributed by atoms with Gasteiger partial charge in [0.25, 0.3) is 0 Å². The summed E-state index contributed by atoms with van der Waals surface area (Å²) in [5.74, 6) is 0.717. The Kier molecular flexibility index (Phi) is 9.58. The lowest BCUT2D eigenvalue weighted by Crippen LogP contribution is -2.44. The largest absolute Gasteiger partial charge is 0.462 e. The molecule has 0 N–H and O–H groups in total. The van der Waals surface area contributed by atoms with Crippen molar-refractivity contribution in [2.45, 2.75) is 93.6 Å². The van der Waals surface area contributed by atoms with Crippen molar-refractivity contribution in [3.8, 4) is 0 Å². The maximum absolute atomic E-state index is 11.5. The highest BCUT2D eigenvalue weighted by Crippen LogP contribution is 2.61. The van der Waals surface area contributed by atoms with Crippen LogP contribution in [-0.2, 0) is 14.3 Å². The van der Waals surface area contributed by atoms with Gasteiger partial charge in [0, 0.05) is 23.7 Å². The maximum Gasteiger partial charge on any atom is 0.302 e. The van der Waals surface area contributed by atoms with Crippen LogP contribution in [0.4, 0.5) is 0 Å². The van der Waals surface area contributed by atoms with E-state index in [2.05, 4.69) is 39.0 Å². The number of aldehydes is 1. The van der Waals surface area contributed by atoms with Gasteiger partial charge < -0.3 is 4.74 Å². The first-order valence-corrected chi connectivity index (χ1v) is 11.6. The van der Waals surface area contributed by atoms with Crippen molar-refractivity contribution in [2.75, 3.05) is 0 Å². The number of hydrogen-bond acceptors (Lipinski definition) is 3. The normalized spacial score (nSPS) is 35.8. The number of esters is 1. The van der Waals surface area contributed by atoms with Crippen molar-refractivity contribution in [1.29, 1.82) is 0 Å². The molecule has 5 unspecified atom stereocenters. The van der Waals surface area contributed by atoms with Crippen molar-refractivity contribution in [1.82, 2.24) is 0 Å². The summed E-state index contributed by atoms with van der Waals surface area (Å²) in [6.45, 7) is 16.3. The molecule has 0 bridgehead atoms. The van der Waals surface area contributed by atoms with E-state index in [0.717, 1.165) is 44.0 Å². The zero-order valence-corrected chi connectivity index (χ0v) is 19.9. The number of ether oxygens (including phenoxy) is 1. The van der Waals surface area contributed by atoms with E-state index in [4.69, 9.17) is 4.74 Å². The molecular weight excluding hydrogens is 360 g/mol. The second-order valence-corrected chi connectivity index (χ2v) is 8.38. The van der Waals surface area contributed by atoms with E-state index in [1.165, 1.54) is 12.5 Å². The summed E-state index contributed by atoms with van der Waals surface area (Å²) in [5.41, 5.74) is 2.56. The van der Waals surface area contributed by atoms with Crippen LogP contribution in [0.15, 0.2) is 35.5 Å². The van der Waals surface area contributed by atoms with Gasteiger partial charge in [-0.25, -0.2) is 0 Å². The van der Waals surface area contributed by atoms with E-state index >= 15 is 0 Å². The Morgan fingerprint density at radius 3 is 2.41 bits per heavy atom. The van der Waals surface area contributed by atoms with Gasteiger partial charge in [-0.15, -0.1) is 0 Å². The number of allylic oxidation sites excluding steroid dienone is 6. The second kappa shape index (κ2) is 10.9. The molecule has 0 amide bonds. The summed E-state index contributed by atoms with van der Waals surface area (Å²) in [4.78, 5) is 22.6. The second-order valence-electron chi connectivity index (χ2n) is 8.38. The topological polar surface area (TPSA) is 43.4 Å². The zero-order valence-electron chi connectivity index (χ0n) is 19.9. The van der Waals surface area contributed by atoms with Crippen molar-refractivity contribution in [3.63, 3.8) is 0 Å². The highest BCUT2D eigenvalue weighted by molar-refractivity contribution is 5.69. The SMILES string of the molecule is CC.CC.CCCC1(C)C2=CCC3(C)C(OC(C)=O)CCC3C2C=C/C1=C/C=O. The first-order valence-electron chi connectivity index (χ1n) is 11.6. The van der Waals surface area contributed by atoms with E-state index in [-0.39, 0.29) is 22.9 Å². The Hall–Kier alpha value is -1.64. The van der Waals surface area contributed by atoms with Gasteiger partial charge in [-0.2, -0.15) is 0 Å². The fourth-order valence-corrected chi connectivity index (χ4v) is 5.67. The molecule has 1 saturated carbocycles. The number of carbonyl (C=O) groups is 2. The molecule has 1 fully saturated rings. The molecule has 0 radical (unpaired) electrons. The van der Waals surface area contributed by atoms with Crippen LogP contribution in [0, 0.1) is 22.7 Å². The van der Waals surface area contributed by atoms with Gasteiger partial charge in [-0.3, -0.25) is 9.59 Å². The minimum Gasteiger partial charge on any atom is -0.462 e. The van der Waals surface area contributed by atoms with Gasteiger partial charge in [0.15, 0.2) is 0 Å². The monoisotopic (exact) mass is 402 g/mol. The molecule has 0 aromatic rings. The smallest absolute Gasteiger partial charge is 0.302 e. The Labute approximate surface area is 178 Å². The highest BCUT2D eigenvalue weighted by atomic mass is 16.5. The Bertz CT molecular complexity index is 657. The number of carbonyl (C=O) groups excluding carboxylic acids is 2. The Morgan fingerprint density at radius 2 is 1.86 bits per heavy atom. The molecule has 164 valence electrons. The number of rotatable bonds is 4. The van der Waals surface area contributed by atoms with E-state index < -0.39 is 0 Å². The molecule has 0 saturated heterocycles. The predicted molar refractivity (Wildman–Crippen MR) is 122 cm³/mol. The molecule has 0 spiro atoms. The molecule has 3 aliphatic carbocycles. The van der Waals surface area contributed by atoms with Crippen molar-refractivity contribution >= 4 is 12.3 Å². The summed E-state index contributed by atoms with van der Waals surface area (Å²) in [7, 11) is 0. The van der Waals surface area contributed by atoms with Gasteiger partial charge in [0.05, 0.1) is 0 Å². The van der Waals surface area contributed by atoms with Crippen LogP contribution in [0.2, 0.25) is 0 Å². The average Bonchev–Trinajstić information content (AvgIpc) is 3.03. The van der Waals surface area contributed by atoms with Crippen LogP contribution in [0.1, 0.15) is 87.5 Å². The molecule has 3 heteroatoms. The quantitative estimate of drug-likeness (QED) is 0.224. The molecule has 0 aromatic carbocycles. The minimum absolute atomic E-state index is 0.0170. The third-order valence-electron chi connectivity index (χ3n) is 6.94. The van der Waals surface area contributed by atoms with Gasteiger partial charge in [-0.1, -0.05) is 78.7 Å². The average molecular weight is 403 g/mol. The lowest BCUT2D eigenvalue weighted by atomic mass is 9.55. The molecule has 0 aliphatic heterocycles. The lowest BCUT2D eigenvalue weighted by molar-refractivity contribution is -0.152. The molecule has 3 aliphatic rings. The van der Waals surface area contributed by atoms with E-state index in [1.807, 2.05) is 27.7 Å². The summed E-state index contributed by atoms with van der Waals surface area (Å²) >= 11 is 0. The minimum atomic E-state index is -0.173. The van der Waals surface area contributed by atoms with Crippen LogP contribution >= 0.6 is 0 Å². The third kappa shape index (κ3) is 4.75. The first kappa shape index (κ1) is 25.4. The molecular formula is C26H42O3.